The molecule has 2 aromatic carbocycles. The number of piperazine rings is 1. The van der Waals surface area contributed by atoms with E-state index in [0.717, 1.165) is 54.0 Å². The Balaban J connectivity index is 1.21. The standard InChI is InChI=1S/C24H24N4O3/c29-22(18-1-5-20-16(13-18)2-7-23(30)25-20)15-27-9-11-28(12-10-27)19-4-6-21-17(14-19)3-8-24(31)26-21/h1,3-6,8,13-14H,2,7,9-12,15H2,(H,25,30)(H,26,31). The summed E-state index contributed by atoms with van der Waals surface area (Å²) in [6.45, 7) is 3.72. The Morgan fingerprint density at radius 2 is 1.74 bits per heavy atom. The van der Waals surface area contributed by atoms with Crippen molar-refractivity contribution >= 4 is 34.0 Å². The number of hydrogen-bond acceptors (Lipinski definition) is 5. The number of H-pyrrole nitrogens is 1. The van der Waals surface area contributed by atoms with Gasteiger partial charge in [-0.25, -0.2) is 0 Å². The van der Waals surface area contributed by atoms with E-state index in [1.54, 1.807) is 6.07 Å². The number of fused-ring (bicyclic) bond motifs is 2. The molecular formula is C24H24N4O3. The van der Waals surface area contributed by atoms with Gasteiger partial charge in [0.2, 0.25) is 11.5 Å². The largest absolute Gasteiger partial charge is 0.369 e. The molecule has 7 nitrogen and oxygen atoms in total. The molecule has 5 rings (SSSR count). The number of rotatable bonds is 4. The molecular weight excluding hydrogens is 392 g/mol. The Hall–Kier alpha value is -3.45. The van der Waals surface area contributed by atoms with E-state index < -0.39 is 0 Å². The van der Waals surface area contributed by atoms with Gasteiger partial charge < -0.3 is 15.2 Å². The summed E-state index contributed by atoms with van der Waals surface area (Å²) in [7, 11) is 0. The highest BCUT2D eigenvalue weighted by molar-refractivity contribution is 6.00. The monoisotopic (exact) mass is 416 g/mol. The Morgan fingerprint density at radius 3 is 2.58 bits per heavy atom. The van der Waals surface area contributed by atoms with Crippen LogP contribution in [0.15, 0.2) is 53.3 Å². The van der Waals surface area contributed by atoms with Crippen molar-refractivity contribution in [3.05, 3.63) is 70.0 Å². The predicted octanol–water partition coefficient (Wildman–Crippen LogP) is 2.42. The van der Waals surface area contributed by atoms with E-state index in [1.807, 2.05) is 36.4 Å². The summed E-state index contributed by atoms with van der Waals surface area (Å²) in [6, 6.07) is 15.0. The van der Waals surface area contributed by atoms with E-state index >= 15 is 0 Å². The van der Waals surface area contributed by atoms with Gasteiger partial charge in [-0.3, -0.25) is 19.3 Å². The minimum atomic E-state index is -0.0952. The fraction of sp³-hybridized carbons (Fsp3) is 0.292. The molecule has 2 aliphatic rings. The van der Waals surface area contributed by atoms with E-state index in [1.165, 1.54) is 0 Å². The van der Waals surface area contributed by atoms with Gasteiger partial charge in [0.15, 0.2) is 5.78 Å². The number of aromatic nitrogens is 1. The van der Waals surface area contributed by atoms with E-state index in [9.17, 15) is 14.4 Å². The lowest BCUT2D eigenvalue weighted by Gasteiger charge is -2.36. The molecule has 2 N–H and O–H groups in total. The van der Waals surface area contributed by atoms with Crippen molar-refractivity contribution in [3.8, 4) is 0 Å². The summed E-state index contributed by atoms with van der Waals surface area (Å²) in [4.78, 5) is 43.1. The number of carbonyl (C=O) groups excluding carboxylic acids is 2. The van der Waals surface area contributed by atoms with Crippen LogP contribution in [0, 0.1) is 0 Å². The van der Waals surface area contributed by atoms with Crippen LogP contribution in [-0.4, -0.2) is 54.3 Å². The molecule has 1 aromatic heterocycles. The highest BCUT2D eigenvalue weighted by Gasteiger charge is 2.21. The summed E-state index contributed by atoms with van der Waals surface area (Å²) in [5, 5.41) is 3.87. The molecule has 0 unspecified atom stereocenters. The van der Waals surface area contributed by atoms with Gasteiger partial charge in [0.25, 0.3) is 0 Å². The lowest BCUT2D eigenvalue weighted by atomic mass is 9.98. The number of carbonyl (C=O) groups is 2. The van der Waals surface area contributed by atoms with Crippen LogP contribution in [0.5, 0.6) is 0 Å². The first-order valence-electron chi connectivity index (χ1n) is 10.6. The molecule has 1 fully saturated rings. The highest BCUT2D eigenvalue weighted by atomic mass is 16.1. The van der Waals surface area contributed by atoms with Crippen molar-refractivity contribution in [2.24, 2.45) is 0 Å². The topological polar surface area (TPSA) is 85.5 Å². The summed E-state index contributed by atoms with van der Waals surface area (Å²) in [5.41, 5.74) is 4.43. The number of amides is 1. The quantitative estimate of drug-likeness (QED) is 0.638. The third-order valence-electron chi connectivity index (χ3n) is 6.13. The minimum Gasteiger partial charge on any atom is -0.369 e. The Bertz CT molecular complexity index is 1220. The fourth-order valence-corrected chi connectivity index (χ4v) is 4.35. The summed E-state index contributed by atoms with van der Waals surface area (Å²) in [6.07, 6.45) is 1.15. The number of nitrogens with one attached hydrogen (secondary N) is 2. The van der Waals surface area contributed by atoms with Gasteiger partial charge in [0.05, 0.1) is 6.54 Å². The number of benzene rings is 2. The molecule has 7 heteroatoms. The first-order chi connectivity index (χ1) is 15.0. The molecule has 2 aliphatic heterocycles. The molecule has 158 valence electrons. The van der Waals surface area contributed by atoms with Gasteiger partial charge in [-0.15, -0.1) is 0 Å². The van der Waals surface area contributed by atoms with E-state index in [2.05, 4.69) is 26.2 Å². The zero-order valence-corrected chi connectivity index (χ0v) is 17.2. The van der Waals surface area contributed by atoms with Gasteiger partial charge in [-0.1, -0.05) is 0 Å². The summed E-state index contributed by atoms with van der Waals surface area (Å²) >= 11 is 0. The third-order valence-corrected chi connectivity index (χ3v) is 6.13. The number of pyridine rings is 1. The summed E-state index contributed by atoms with van der Waals surface area (Å²) in [5.74, 6) is 0.145. The average molecular weight is 416 g/mol. The molecule has 3 aromatic rings. The number of aryl methyl sites for hydroxylation is 1. The van der Waals surface area contributed by atoms with Crippen molar-refractivity contribution in [2.75, 3.05) is 42.9 Å². The van der Waals surface area contributed by atoms with E-state index in [-0.39, 0.29) is 17.2 Å². The summed E-state index contributed by atoms with van der Waals surface area (Å²) < 4.78 is 0. The van der Waals surface area contributed by atoms with Gasteiger partial charge in [-0.2, -0.15) is 0 Å². The van der Waals surface area contributed by atoms with Crippen molar-refractivity contribution < 1.29 is 9.59 Å². The molecule has 0 atom stereocenters. The van der Waals surface area contributed by atoms with Gasteiger partial charge in [0, 0.05) is 66.5 Å². The molecule has 1 amide bonds. The second kappa shape index (κ2) is 8.00. The van der Waals surface area contributed by atoms with Gasteiger partial charge in [-0.05, 0) is 54.4 Å². The second-order valence-corrected chi connectivity index (χ2v) is 8.20. The maximum atomic E-state index is 12.8. The van der Waals surface area contributed by atoms with E-state index in [0.29, 0.717) is 24.9 Å². The number of anilines is 2. The molecule has 0 radical (unpaired) electrons. The van der Waals surface area contributed by atoms with Crippen LogP contribution >= 0.6 is 0 Å². The molecule has 1 saturated heterocycles. The van der Waals surface area contributed by atoms with Crippen molar-refractivity contribution in [1.29, 1.82) is 0 Å². The molecule has 0 bridgehead atoms. The van der Waals surface area contributed by atoms with Gasteiger partial charge >= 0.3 is 0 Å². The molecule has 0 spiro atoms. The second-order valence-electron chi connectivity index (χ2n) is 8.20. The van der Waals surface area contributed by atoms with Crippen molar-refractivity contribution in [2.45, 2.75) is 12.8 Å². The molecule has 0 saturated carbocycles. The average Bonchev–Trinajstić information content (AvgIpc) is 2.79. The zero-order chi connectivity index (χ0) is 21.4. The van der Waals surface area contributed by atoms with Crippen LogP contribution in [-0.2, 0) is 11.2 Å². The highest BCUT2D eigenvalue weighted by Crippen LogP contribution is 2.24. The van der Waals surface area contributed by atoms with Crippen molar-refractivity contribution in [3.63, 3.8) is 0 Å². The molecule has 31 heavy (non-hydrogen) atoms. The van der Waals surface area contributed by atoms with Crippen LogP contribution in [0.3, 0.4) is 0 Å². The SMILES string of the molecule is O=C1CCc2cc(C(=O)CN3CCN(c4ccc5[nH]c(=O)ccc5c4)CC3)ccc2N1. The predicted molar refractivity (Wildman–Crippen MR) is 121 cm³/mol. The normalized spacial score (nSPS) is 16.8. The zero-order valence-electron chi connectivity index (χ0n) is 17.2. The van der Waals surface area contributed by atoms with Crippen LogP contribution in [0.2, 0.25) is 0 Å². The number of hydrogen-bond donors (Lipinski definition) is 2. The van der Waals surface area contributed by atoms with Crippen LogP contribution in [0.4, 0.5) is 11.4 Å². The third kappa shape index (κ3) is 4.09. The van der Waals surface area contributed by atoms with Crippen molar-refractivity contribution in [1.82, 2.24) is 9.88 Å². The maximum absolute atomic E-state index is 12.8. The first-order valence-corrected chi connectivity index (χ1v) is 10.6. The first kappa shape index (κ1) is 19.5. The number of nitrogens with zero attached hydrogens (tertiary/aromatic N) is 2. The smallest absolute Gasteiger partial charge is 0.248 e. The Labute approximate surface area is 179 Å². The molecule has 3 heterocycles. The fourth-order valence-electron chi connectivity index (χ4n) is 4.35. The molecule has 0 aliphatic carbocycles. The van der Waals surface area contributed by atoms with E-state index in [4.69, 9.17) is 0 Å². The van der Waals surface area contributed by atoms with Crippen LogP contribution < -0.4 is 15.8 Å². The lowest BCUT2D eigenvalue weighted by Crippen LogP contribution is -2.48. The van der Waals surface area contributed by atoms with Crippen LogP contribution in [0.25, 0.3) is 10.9 Å². The Kier molecular flexibility index (Phi) is 5.03. The maximum Gasteiger partial charge on any atom is 0.248 e. The minimum absolute atomic E-state index is 0.0316. The van der Waals surface area contributed by atoms with Crippen LogP contribution in [0.1, 0.15) is 22.3 Å². The van der Waals surface area contributed by atoms with Gasteiger partial charge in [0.1, 0.15) is 0 Å². The number of aromatic amines is 1. The Morgan fingerprint density at radius 1 is 0.903 bits per heavy atom. The number of Topliss-reactive ketones (excluding diaryl/α,β-unsaturated/α-hetero) is 1. The lowest BCUT2D eigenvalue weighted by molar-refractivity contribution is -0.116. The number of ketones is 1.